The van der Waals surface area contributed by atoms with Gasteiger partial charge in [0.2, 0.25) is 15.9 Å². The number of nitrogens with one attached hydrogen (secondary N) is 1. The van der Waals surface area contributed by atoms with Gasteiger partial charge >= 0.3 is 0 Å². The molecule has 190 valence electrons. The lowest BCUT2D eigenvalue weighted by molar-refractivity contribution is -0.126. The van der Waals surface area contributed by atoms with E-state index in [0.29, 0.717) is 25.9 Å². The normalized spacial score (nSPS) is 19.9. The third kappa shape index (κ3) is 7.87. The maximum Gasteiger partial charge on any atom is 0.224 e. The summed E-state index contributed by atoms with van der Waals surface area (Å²) in [7, 11) is -3.36. The second kappa shape index (κ2) is 12.6. The number of nitrogens with zero attached hydrogens (tertiary/aromatic N) is 2. The topological polar surface area (TPSA) is 79.0 Å². The summed E-state index contributed by atoms with van der Waals surface area (Å²) < 4.78 is 32.7. The highest BCUT2D eigenvalue weighted by Crippen LogP contribution is 2.21. The molecule has 2 aliphatic rings. The van der Waals surface area contributed by atoms with E-state index < -0.39 is 10.0 Å². The predicted molar refractivity (Wildman–Crippen MR) is 137 cm³/mol. The van der Waals surface area contributed by atoms with Gasteiger partial charge in [-0.2, -0.15) is 0 Å². The van der Waals surface area contributed by atoms with Crippen LogP contribution >= 0.6 is 0 Å². The number of sulfonamides is 1. The largest absolute Gasteiger partial charge is 0.379 e. The first-order valence-electron chi connectivity index (χ1n) is 12.7. The van der Waals surface area contributed by atoms with E-state index in [9.17, 15) is 13.2 Å². The molecule has 1 atom stereocenters. The number of carbonyl (C=O) groups is 1. The molecule has 35 heavy (non-hydrogen) atoms. The van der Waals surface area contributed by atoms with Crippen molar-refractivity contribution in [1.29, 1.82) is 0 Å². The molecule has 1 unspecified atom stereocenters. The first-order valence-corrected chi connectivity index (χ1v) is 14.3. The van der Waals surface area contributed by atoms with Crippen LogP contribution in [0.4, 0.5) is 0 Å². The Morgan fingerprint density at radius 3 is 2.40 bits per heavy atom. The highest BCUT2D eigenvalue weighted by atomic mass is 32.2. The van der Waals surface area contributed by atoms with E-state index >= 15 is 0 Å². The first-order chi connectivity index (χ1) is 17.0. The fourth-order valence-electron chi connectivity index (χ4n) is 4.76. The van der Waals surface area contributed by atoms with Crippen molar-refractivity contribution in [2.24, 2.45) is 5.92 Å². The third-order valence-electron chi connectivity index (χ3n) is 6.86. The van der Waals surface area contributed by atoms with E-state index in [1.165, 1.54) is 9.87 Å². The van der Waals surface area contributed by atoms with E-state index in [1.54, 1.807) is 0 Å². The average Bonchev–Trinajstić information content (AvgIpc) is 2.89. The minimum atomic E-state index is -3.36. The number of benzene rings is 2. The van der Waals surface area contributed by atoms with Crippen LogP contribution in [-0.4, -0.2) is 68.7 Å². The van der Waals surface area contributed by atoms with Crippen molar-refractivity contribution >= 4 is 15.9 Å². The molecule has 2 aromatic carbocycles. The molecule has 0 radical (unpaired) electrons. The molecular formula is C27H37N3O4S. The molecule has 2 aliphatic heterocycles. The van der Waals surface area contributed by atoms with Crippen LogP contribution in [-0.2, 0) is 39.1 Å². The van der Waals surface area contributed by atoms with E-state index in [0.717, 1.165) is 56.8 Å². The summed E-state index contributed by atoms with van der Waals surface area (Å²) in [5.74, 6) is -0.243. The molecule has 2 saturated heterocycles. The van der Waals surface area contributed by atoms with Crippen LogP contribution in [0.1, 0.15) is 36.0 Å². The van der Waals surface area contributed by atoms with Gasteiger partial charge in [0, 0.05) is 39.3 Å². The Hall–Kier alpha value is -2.26. The summed E-state index contributed by atoms with van der Waals surface area (Å²) in [4.78, 5) is 15.2. The lowest BCUT2D eigenvalue weighted by Crippen LogP contribution is -2.46. The molecule has 2 fully saturated rings. The minimum Gasteiger partial charge on any atom is -0.379 e. The number of hydrogen-bond acceptors (Lipinski definition) is 5. The molecular weight excluding hydrogens is 462 g/mol. The zero-order chi connectivity index (χ0) is 24.5. The van der Waals surface area contributed by atoms with Crippen molar-refractivity contribution in [3.63, 3.8) is 0 Å². The van der Waals surface area contributed by atoms with E-state index in [2.05, 4.69) is 34.5 Å². The summed E-state index contributed by atoms with van der Waals surface area (Å²) in [6, 6.07) is 18.3. The maximum absolute atomic E-state index is 12.9. The van der Waals surface area contributed by atoms with Gasteiger partial charge in [0.15, 0.2) is 0 Å². The molecule has 0 aromatic heterocycles. The summed E-state index contributed by atoms with van der Waals surface area (Å²) >= 11 is 0. The number of aryl methyl sites for hydroxylation is 1. The molecule has 7 nitrogen and oxygen atoms in total. The van der Waals surface area contributed by atoms with Crippen molar-refractivity contribution in [1.82, 2.24) is 14.5 Å². The quantitative estimate of drug-likeness (QED) is 0.544. The summed E-state index contributed by atoms with van der Waals surface area (Å²) in [5.41, 5.74) is 3.44. The van der Waals surface area contributed by atoms with Crippen LogP contribution in [0.5, 0.6) is 0 Å². The van der Waals surface area contributed by atoms with Crippen molar-refractivity contribution < 1.29 is 17.9 Å². The van der Waals surface area contributed by atoms with Gasteiger partial charge in [-0.05, 0) is 42.4 Å². The average molecular weight is 500 g/mol. The summed E-state index contributed by atoms with van der Waals surface area (Å²) in [5, 5.41) is 3.02. The number of ether oxygens (including phenoxy) is 1. The van der Waals surface area contributed by atoms with Gasteiger partial charge in [0.25, 0.3) is 0 Å². The van der Waals surface area contributed by atoms with Gasteiger partial charge in [-0.3, -0.25) is 9.69 Å². The van der Waals surface area contributed by atoms with Crippen molar-refractivity contribution in [3.8, 4) is 0 Å². The lowest BCUT2D eigenvalue weighted by atomic mass is 9.98. The Balaban J connectivity index is 1.22. The van der Waals surface area contributed by atoms with Gasteiger partial charge in [0.1, 0.15) is 0 Å². The standard InChI is InChI=1S/C27H37N3O4S/c31-27(28-20-24-10-12-25(13-11-24)21-29-15-17-34-18-16-29)26-9-4-14-30(22-26)35(32,33)19-5-8-23-6-2-1-3-7-23/h1-3,6-7,10-13,26H,4-5,8-9,14-22H2,(H,28,31). The number of hydrogen-bond donors (Lipinski definition) is 1. The van der Waals surface area contributed by atoms with Gasteiger partial charge in [-0.15, -0.1) is 0 Å². The number of amides is 1. The second-order valence-corrected chi connectivity index (χ2v) is 11.6. The number of rotatable bonds is 10. The Kier molecular flexibility index (Phi) is 9.31. The molecule has 4 rings (SSSR count). The van der Waals surface area contributed by atoms with Crippen LogP contribution in [0.25, 0.3) is 0 Å². The Morgan fingerprint density at radius 2 is 1.66 bits per heavy atom. The van der Waals surface area contributed by atoms with E-state index in [-0.39, 0.29) is 24.1 Å². The van der Waals surface area contributed by atoms with Gasteiger partial charge < -0.3 is 10.1 Å². The van der Waals surface area contributed by atoms with Gasteiger partial charge in [0.05, 0.1) is 24.9 Å². The summed E-state index contributed by atoms with van der Waals surface area (Å²) in [6.07, 6.45) is 2.76. The fraction of sp³-hybridized carbons (Fsp3) is 0.519. The number of piperidine rings is 1. The Morgan fingerprint density at radius 1 is 0.943 bits per heavy atom. The summed E-state index contributed by atoms with van der Waals surface area (Å²) in [6.45, 7) is 5.64. The van der Waals surface area contributed by atoms with Gasteiger partial charge in [-0.1, -0.05) is 54.6 Å². The minimum absolute atomic E-state index is 0.0634. The lowest BCUT2D eigenvalue weighted by Gasteiger charge is -2.31. The SMILES string of the molecule is O=C(NCc1ccc(CN2CCOCC2)cc1)C1CCCN(S(=O)(=O)CCCc2ccccc2)C1. The van der Waals surface area contributed by atoms with Crippen LogP contribution < -0.4 is 5.32 Å². The highest BCUT2D eigenvalue weighted by molar-refractivity contribution is 7.89. The van der Waals surface area contributed by atoms with Crippen LogP contribution in [0, 0.1) is 5.92 Å². The molecule has 2 aromatic rings. The van der Waals surface area contributed by atoms with E-state index in [4.69, 9.17) is 4.74 Å². The zero-order valence-corrected chi connectivity index (χ0v) is 21.2. The molecule has 1 amide bonds. The van der Waals surface area contributed by atoms with Crippen molar-refractivity contribution in [2.75, 3.05) is 45.1 Å². The Bertz CT molecular complexity index is 1040. The van der Waals surface area contributed by atoms with Crippen LogP contribution in [0.2, 0.25) is 0 Å². The fourth-order valence-corrected chi connectivity index (χ4v) is 6.34. The zero-order valence-electron chi connectivity index (χ0n) is 20.4. The molecule has 0 bridgehead atoms. The highest BCUT2D eigenvalue weighted by Gasteiger charge is 2.31. The van der Waals surface area contributed by atoms with Crippen molar-refractivity contribution in [2.45, 2.75) is 38.8 Å². The van der Waals surface area contributed by atoms with E-state index in [1.807, 2.05) is 30.3 Å². The second-order valence-electron chi connectivity index (χ2n) is 9.53. The van der Waals surface area contributed by atoms with Crippen LogP contribution in [0.3, 0.4) is 0 Å². The smallest absolute Gasteiger partial charge is 0.224 e. The predicted octanol–water partition coefficient (Wildman–Crippen LogP) is 2.81. The molecule has 2 heterocycles. The maximum atomic E-state index is 12.9. The molecule has 0 saturated carbocycles. The monoisotopic (exact) mass is 499 g/mol. The molecule has 1 N–H and O–H groups in total. The Labute approximate surface area is 209 Å². The van der Waals surface area contributed by atoms with Crippen LogP contribution in [0.15, 0.2) is 54.6 Å². The van der Waals surface area contributed by atoms with Gasteiger partial charge in [-0.25, -0.2) is 12.7 Å². The number of carbonyl (C=O) groups excluding carboxylic acids is 1. The van der Waals surface area contributed by atoms with Crippen molar-refractivity contribution in [3.05, 3.63) is 71.3 Å². The molecule has 8 heteroatoms. The number of morpholine rings is 1. The molecule has 0 aliphatic carbocycles. The first kappa shape index (κ1) is 25.8. The molecule has 0 spiro atoms. The third-order valence-corrected chi connectivity index (χ3v) is 8.78.